The van der Waals surface area contributed by atoms with E-state index in [0.29, 0.717) is 30.3 Å². The zero-order valence-corrected chi connectivity index (χ0v) is 23.0. The molecule has 2 aromatic carbocycles. The Hall–Kier alpha value is -3.54. The van der Waals surface area contributed by atoms with E-state index in [0.717, 1.165) is 6.07 Å². The fraction of sp³-hybridized carbons (Fsp3) is 0.462. The van der Waals surface area contributed by atoms with E-state index in [1.54, 1.807) is 13.8 Å². The number of ether oxygens (including phenoxy) is 2. The molecule has 0 amide bonds. The number of halogens is 7. The molecule has 0 saturated heterocycles. The summed E-state index contributed by atoms with van der Waals surface area (Å²) in [6.07, 6.45) is -11.7. The van der Waals surface area contributed by atoms with Crippen LogP contribution in [0.15, 0.2) is 41.3 Å². The molecule has 15 heteroatoms. The first-order chi connectivity index (χ1) is 18.6. The largest absolute Gasteiger partial charge is 0.486 e. The molecule has 0 unspecified atom stereocenters. The lowest BCUT2D eigenvalue weighted by molar-refractivity contribution is -0.257. The number of esters is 1. The number of alkyl halides is 6. The van der Waals surface area contributed by atoms with Crippen molar-refractivity contribution >= 4 is 21.7 Å². The SMILES string of the molecule is CC(C)(C#N)C[C@@H]1CN(S(=O)(=O)c2ccc(F)c(C(F)(F)F)c2)c2cc(CC(=O)OC(C)(C)C(F)(F)F)ccc2O1. The smallest absolute Gasteiger partial charge is 0.427 e. The van der Waals surface area contributed by atoms with Crippen LogP contribution in [0.25, 0.3) is 0 Å². The fourth-order valence-corrected chi connectivity index (χ4v) is 5.50. The topological polar surface area (TPSA) is 96.7 Å². The predicted octanol–water partition coefficient (Wildman–Crippen LogP) is 6.17. The van der Waals surface area contributed by atoms with Gasteiger partial charge in [-0.05, 0) is 63.6 Å². The number of anilines is 1. The van der Waals surface area contributed by atoms with E-state index in [1.165, 1.54) is 12.1 Å². The second-order valence-electron chi connectivity index (χ2n) is 10.6. The van der Waals surface area contributed by atoms with Crippen molar-refractivity contribution in [1.82, 2.24) is 0 Å². The van der Waals surface area contributed by atoms with Gasteiger partial charge in [-0.25, -0.2) is 12.8 Å². The molecule has 2 aromatic rings. The number of sulfonamides is 1. The van der Waals surface area contributed by atoms with Crippen molar-refractivity contribution < 1.29 is 53.4 Å². The Balaban J connectivity index is 2.07. The van der Waals surface area contributed by atoms with Crippen LogP contribution in [0.4, 0.5) is 36.4 Å². The van der Waals surface area contributed by atoms with E-state index in [2.05, 4.69) is 4.74 Å². The molecule has 7 nitrogen and oxygen atoms in total. The van der Waals surface area contributed by atoms with Crippen LogP contribution >= 0.6 is 0 Å². The molecule has 0 aromatic heterocycles. The molecule has 0 fully saturated rings. The first-order valence-electron chi connectivity index (χ1n) is 12.0. The second kappa shape index (κ2) is 10.7. The third kappa shape index (κ3) is 7.03. The highest BCUT2D eigenvalue weighted by Gasteiger charge is 2.50. The molecule has 0 bridgehead atoms. The van der Waals surface area contributed by atoms with Gasteiger partial charge in [-0.3, -0.25) is 9.10 Å². The van der Waals surface area contributed by atoms with Crippen molar-refractivity contribution in [3.05, 3.63) is 53.3 Å². The molecule has 1 atom stereocenters. The highest BCUT2D eigenvalue weighted by atomic mass is 32.2. The minimum atomic E-state index is -5.20. The van der Waals surface area contributed by atoms with Crippen LogP contribution in [0.3, 0.4) is 0 Å². The number of fused-ring (bicyclic) bond motifs is 1. The standard InChI is InChI=1S/C26H25F7N2O5S/c1-23(2,14-34)12-16-13-35(41(37,38)17-6-7-19(27)18(11-17)25(28,29)30)20-9-15(5-8-21(20)39-16)10-22(36)40-24(3,4)26(31,32)33/h5-9,11,16H,10,12-13H2,1-4H3/t16-/m1/s1. The van der Waals surface area contributed by atoms with Gasteiger partial charge in [0.15, 0.2) is 0 Å². The van der Waals surface area contributed by atoms with E-state index >= 15 is 0 Å². The van der Waals surface area contributed by atoms with Crippen molar-refractivity contribution in [1.29, 1.82) is 5.26 Å². The summed E-state index contributed by atoms with van der Waals surface area (Å²) in [5, 5.41) is 9.41. The van der Waals surface area contributed by atoms with Gasteiger partial charge < -0.3 is 9.47 Å². The fourth-order valence-electron chi connectivity index (χ4n) is 3.97. The Morgan fingerprint density at radius 1 is 1.07 bits per heavy atom. The number of carbonyl (C=O) groups excluding carboxylic acids is 1. The van der Waals surface area contributed by atoms with Gasteiger partial charge in [0.05, 0.1) is 40.6 Å². The summed E-state index contributed by atoms with van der Waals surface area (Å²) in [6.45, 7) is 3.96. The number of rotatable bonds is 7. The van der Waals surface area contributed by atoms with Gasteiger partial charge in [0.25, 0.3) is 10.0 Å². The van der Waals surface area contributed by atoms with E-state index in [1.807, 2.05) is 6.07 Å². The molecule has 0 radical (unpaired) electrons. The summed E-state index contributed by atoms with van der Waals surface area (Å²) in [6, 6.07) is 6.85. The highest BCUT2D eigenvalue weighted by molar-refractivity contribution is 7.92. The third-order valence-corrected chi connectivity index (χ3v) is 8.00. The minimum Gasteiger partial charge on any atom is -0.486 e. The minimum absolute atomic E-state index is 0.00673. The molecule has 0 N–H and O–H groups in total. The van der Waals surface area contributed by atoms with Crippen molar-refractivity contribution in [2.24, 2.45) is 5.41 Å². The van der Waals surface area contributed by atoms with Gasteiger partial charge >= 0.3 is 18.3 Å². The van der Waals surface area contributed by atoms with Crippen LogP contribution < -0.4 is 9.04 Å². The lowest BCUT2D eigenvalue weighted by Gasteiger charge is -2.37. The van der Waals surface area contributed by atoms with Crippen LogP contribution in [0.2, 0.25) is 0 Å². The number of carbonyl (C=O) groups is 1. The van der Waals surface area contributed by atoms with E-state index in [9.17, 15) is 49.2 Å². The van der Waals surface area contributed by atoms with Crippen LogP contribution in [0, 0.1) is 22.6 Å². The molecule has 1 aliphatic heterocycles. The predicted molar refractivity (Wildman–Crippen MR) is 131 cm³/mol. The monoisotopic (exact) mass is 610 g/mol. The van der Waals surface area contributed by atoms with Gasteiger partial charge in [-0.15, -0.1) is 0 Å². The lowest BCUT2D eigenvalue weighted by Crippen LogP contribution is -2.45. The molecular formula is C26H25F7N2O5S. The van der Waals surface area contributed by atoms with Crippen LogP contribution in [0.1, 0.15) is 45.2 Å². The maximum Gasteiger partial charge on any atom is 0.427 e. The van der Waals surface area contributed by atoms with E-state index in [-0.39, 0.29) is 29.5 Å². The average Bonchev–Trinajstić information content (AvgIpc) is 2.81. The van der Waals surface area contributed by atoms with Crippen molar-refractivity contribution in [2.75, 3.05) is 10.8 Å². The quantitative estimate of drug-likeness (QED) is 0.275. The highest BCUT2D eigenvalue weighted by Crippen LogP contribution is 2.41. The maximum absolute atomic E-state index is 13.9. The Morgan fingerprint density at radius 3 is 2.27 bits per heavy atom. The first-order valence-corrected chi connectivity index (χ1v) is 13.4. The summed E-state index contributed by atoms with van der Waals surface area (Å²) in [5.41, 5.74) is -5.82. The first kappa shape index (κ1) is 32.0. The van der Waals surface area contributed by atoms with Crippen molar-refractivity contribution in [3.8, 4) is 11.8 Å². The number of hydrogen-bond donors (Lipinski definition) is 0. The van der Waals surface area contributed by atoms with Crippen molar-refractivity contribution in [3.63, 3.8) is 0 Å². The third-order valence-electron chi connectivity index (χ3n) is 6.23. The normalized spacial score (nSPS) is 16.4. The number of nitrogens with zero attached hydrogens (tertiary/aromatic N) is 2. The van der Waals surface area contributed by atoms with Gasteiger partial charge in [-0.1, -0.05) is 6.07 Å². The Bertz CT molecular complexity index is 1480. The summed E-state index contributed by atoms with van der Waals surface area (Å²) in [7, 11) is -4.82. The Morgan fingerprint density at radius 2 is 1.71 bits per heavy atom. The summed E-state index contributed by atoms with van der Waals surface area (Å²) < 4.78 is 132. The Kier molecular flexibility index (Phi) is 8.35. The van der Waals surface area contributed by atoms with Crippen LogP contribution in [0.5, 0.6) is 5.75 Å². The van der Waals surface area contributed by atoms with Gasteiger partial charge in [0.1, 0.15) is 17.7 Å². The van der Waals surface area contributed by atoms with Crippen LogP contribution in [-0.2, 0) is 32.2 Å². The molecular weight excluding hydrogens is 585 g/mol. The summed E-state index contributed by atoms with van der Waals surface area (Å²) in [4.78, 5) is 11.4. The van der Waals surface area contributed by atoms with Crippen molar-refractivity contribution in [2.45, 2.75) is 69.5 Å². The molecule has 41 heavy (non-hydrogen) atoms. The molecule has 1 aliphatic rings. The molecule has 0 spiro atoms. The number of nitriles is 1. The van der Waals surface area contributed by atoms with E-state index in [4.69, 9.17) is 4.74 Å². The molecule has 224 valence electrons. The average molecular weight is 611 g/mol. The molecule has 0 aliphatic carbocycles. The molecule has 0 saturated carbocycles. The van der Waals surface area contributed by atoms with Gasteiger partial charge in [-0.2, -0.15) is 31.6 Å². The number of benzene rings is 2. The zero-order chi connectivity index (χ0) is 31.2. The summed E-state index contributed by atoms with van der Waals surface area (Å²) in [5.74, 6) is -3.04. The lowest BCUT2D eigenvalue weighted by atomic mass is 9.88. The maximum atomic E-state index is 13.9. The number of hydrogen-bond acceptors (Lipinski definition) is 6. The van der Waals surface area contributed by atoms with Gasteiger partial charge in [0.2, 0.25) is 5.60 Å². The molecule has 1 heterocycles. The van der Waals surface area contributed by atoms with Gasteiger partial charge in [0, 0.05) is 6.42 Å². The molecule has 3 rings (SSSR count). The Labute approximate surface area is 231 Å². The van der Waals surface area contributed by atoms with E-state index < -0.39 is 74.7 Å². The van der Waals surface area contributed by atoms with Crippen LogP contribution in [-0.4, -0.2) is 38.8 Å². The summed E-state index contributed by atoms with van der Waals surface area (Å²) >= 11 is 0. The second-order valence-corrected chi connectivity index (χ2v) is 12.4. The zero-order valence-electron chi connectivity index (χ0n) is 22.2.